The minimum atomic E-state index is -1.21. The van der Waals surface area contributed by atoms with Crippen LogP contribution in [0.2, 0.25) is 0 Å². The lowest BCUT2D eigenvalue weighted by molar-refractivity contribution is -0.134. The van der Waals surface area contributed by atoms with E-state index in [9.17, 15) is 24.2 Å². The number of ether oxygens (including phenoxy) is 1. The number of hydrogen-bond acceptors (Lipinski definition) is 5. The summed E-state index contributed by atoms with van der Waals surface area (Å²) in [7, 11) is 0. The second-order valence-electron chi connectivity index (χ2n) is 6.71. The van der Waals surface area contributed by atoms with Crippen LogP contribution >= 0.6 is 0 Å². The highest BCUT2D eigenvalue weighted by molar-refractivity contribution is 5.94. The third-order valence-electron chi connectivity index (χ3n) is 4.85. The number of aliphatic hydroxyl groups is 2. The van der Waals surface area contributed by atoms with Gasteiger partial charge in [-0.05, 0) is 31.0 Å². The fourth-order valence-electron chi connectivity index (χ4n) is 3.36. The molecule has 26 heavy (non-hydrogen) atoms. The Morgan fingerprint density at radius 1 is 1.19 bits per heavy atom. The molecule has 0 aliphatic carbocycles. The van der Waals surface area contributed by atoms with E-state index in [2.05, 4.69) is 5.32 Å². The Hall–Kier alpha value is -2.03. The average Bonchev–Trinajstić information content (AvgIpc) is 3.25. The van der Waals surface area contributed by atoms with Crippen molar-refractivity contribution in [1.29, 1.82) is 0 Å². The standard InChI is InChI=1S/C18H23FN2O5/c19-12-5-3-4-11(8-12)18(25)20-10-14-17(24)16(23)13(26-14)9-15(22)21-6-1-2-7-21/h3-5,8,13-14,16-17,23-24H,1-2,6-7,9-10H2,(H,20,25). The van der Waals surface area contributed by atoms with E-state index in [-0.39, 0.29) is 24.4 Å². The molecule has 2 heterocycles. The molecule has 1 aromatic rings. The van der Waals surface area contributed by atoms with Crippen LogP contribution in [0.1, 0.15) is 29.6 Å². The Morgan fingerprint density at radius 2 is 1.88 bits per heavy atom. The first-order chi connectivity index (χ1) is 12.5. The Kier molecular flexibility index (Phi) is 5.85. The van der Waals surface area contributed by atoms with Crippen LogP contribution in [0.15, 0.2) is 24.3 Å². The molecule has 2 amide bonds. The van der Waals surface area contributed by atoms with Crippen LogP contribution in [-0.2, 0) is 9.53 Å². The van der Waals surface area contributed by atoms with Crippen molar-refractivity contribution in [2.75, 3.05) is 19.6 Å². The van der Waals surface area contributed by atoms with Crippen molar-refractivity contribution in [3.8, 4) is 0 Å². The number of aliphatic hydroxyl groups excluding tert-OH is 2. The van der Waals surface area contributed by atoms with Crippen molar-refractivity contribution in [3.05, 3.63) is 35.6 Å². The lowest BCUT2D eigenvalue weighted by Gasteiger charge is -2.19. The minimum absolute atomic E-state index is 0.00737. The van der Waals surface area contributed by atoms with E-state index < -0.39 is 36.1 Å². The molecule has 1 aromatic carbocycles. The average molecular weight is 366 g/mol. The van der Waals surface area contributed by atoms with Gasteiger partial charge in [0.25, 0.3) is 5.91 Å². The molecule has 0 aromatic heterocycles. The minimum Gasteiger partial charge on any atom is -0.388 e. The Labute approximate surface area is 150 Å². The van der Waals surface area contributed by atoms with E-state index in [4.69, 9.17) is 4.74 Å². The monoisotopic (exact) mass is 366 g/mol. The second kappa shape index (κ2) is 8.11. The van der Waals surface area contributed by atoms with Gasteiger partial charge in [0.15, 0.2) is 0 Å². The molecule has 0 spiro atoms. The SMILES string of the molecule is O=C(NCC1OC(CC(=O)N2CCCC2)C(O)C1O)c1cccc(F)c1. The smallest absolute Gasteiger partial charge is 0.251 e. The zero-order valence-electron chi connectivity index (χ0n) is 14.3. The van der Waals surface area contributed by atoms with Crippen molar-refractivity contribution in [2.24, 2.45) is 0 Å². The summed E-state index contributed by atoms with van der Waals surface area (Å²) in [5.74, 6) is -1.14. The van der Waals surface area contributed by atoms with Gasteiger partial charge in [0.05, 0.1) is 12.5 Å². The maximum Gasteiger partial charge on any atom is 0.251 e. The summed E-state index contributed by atoms with van der Waals surface area (Å²) in [5, 5.41) is 22.8. The van der Waals surface area contributed by atoms with E-state index in [1.165, 1.54) is 18.2 Å². The van der Waals surface area contributed by atoms with Crippen molar-refractivity contribution in [1.82, 2.24) is 10.2 Å². The van der Waals surface area contributed by atoms with Crippen molar-refractivity contribution in [2.45, 2.75) is 43.7 Å². The summed E-state index contributed by atoms with van der Waals surface area (Å²) < 4.78 is 18.8. The molecular formula is C18H23FN2O5. The van der Waals surface area contributed by atoms with Gasteiger partial charge in [0.2, 0.25) is 5.91 Å². The maximum atomic E-state index is 13.2. The summed E-state index contributed by atoms with van der Waals surface area (Å²) in [5.41, 5.74) is 0.152. The molecule has 8 heteroatoms. The summed E-state index contributed by atoms with van der Waals surface area (Å²) in [6, 6.07) is 5.23. The number of hydrogen-bond donors (Lipinski definition) is 3. The maximum absolute atomic E-state index is 13.2. The van der Waals surface area contributed by atoms with Crippen LogP contribution in [0, 0.1) is 5.82 Å². The van der Waals surface area contributed by atoms with Crippen LogP contribution in [0.25, 0.3) is 0 Å². The second-order valence-corrected chi connectivity index (χ2v) is 6.71. The molecule has 2 aliphatic heterocycles. The number of benzene rings is 1. The molecule has 2 fully saturated rings. The van der Waals surface area contributed by atoms with E-state index in [1.807, 2.05) is 0 Å². The van der Waals surface area contributed by atoms with E-state index in [0.29, 0.717) is 13.1 Å². The van der Waals surface area contributed by atoms with E-state index >= 15 is 0 Å². The zero-order valence-corrected chi connectivity index (χ0v) is 14.3. The quantitative estimate of drug-likeness (QED) is 0.684. The van der Waals surface area contributed by atoms with Crippen molar-refractivity contribution >= 4 is 11.8 Å². The van der Waals surface area contributed by atoms with Gasteiger partial charge in [-0.3, -0.25) is 9.59 Å². The number of rotatable bonds is 5. The number of carbonyl (C=O) groups excluding carboxylic acids is 2. The predicted octanol–water partition coefficient (Wildman–Crippen LogP) is 0.0572. The molecule has 3 rings (SSSR count). The predicted molar refractivity (Wildman–Crippen MR) is 89.8 cm³/mol. The molecule has 4 atom stereocenters. The highest BCUT2D eigenvalue weighted by Crippen LogP contribution is 2.24. The lowest BCUT2D eigenvalue weighted by Crippen LogP contribution is -2.40. The highest BCUT2D eigenvalue weighted by Gasteiger charge is 2.43. The zero-order chi connectivity index (χ0) is 18.7. The largest absolute Gasteiger partial charge is 0.388 e. The number of likely N-dealkylation sites (tertiary alicyclic amines) is 1. The van der Waals surface area contributed by atoms with Crippen LogP contribution in [-0.4, -0.2) is 71.0 Å². The molecule has 142 valence electrons. The van der Waals surface area contributed by atoms with Gasteiger partial charge in [-0.1, -0.05) is 6.07 Å². The first-order valence-corrected chi connectivity index (χ1v) is 8.79. The molecule has 7 nitrogen and oxygen atoms in total. The molecule has 2 saturated heterocycles. The Morgan fingerprint density at radius 3 is 2.58 bits per heavy atom. The van der Waals surface area contributed by atoms with Crippen molar-refractivity contribution < 1.29 is 28.9 Å². The van der Waals surface area contributed by atoms with E-state index in [1.54, 1.807) is 4.90 Å². The van der Waals surface area contributed by atoms with Crippen molar-refractivity contribution in [3.63, 3.8) is 0 Å². The molecule has 3 N–H and O–H groups in total. The number of halogens is 1. The first-order valence-electron chi connectivity index (χ1n) is 8.79. The number of carbonyl (C=O) groups is 2. The first kappa shape index (κ1) is 18.8. The molecule has 2 aliphatic rings. The summed E-state index contributed by atoms with van der Waals surface area (Å²) in [4.78, 5) is 26.0. The topological polar surface area (TPSA) is 99.1 Å². The molecule has 4 unspecified atom stereocenters. The number of amides is 2. The Bertz CT molecular complexity index is 665. The molecule has 0 saturated carbocycles. The normalized spacial score (nSPS) is 28.3. The molecule has 0 radical (unpaired) electrons. The van der Waals surface area contributed by atoms with Gasteiger partial charge in [0, 0.05) is 25.2 Å². The third kappa shape index (κ3) is 4.20. The van der Waals surface area contributed by atoms with E-state index in [0.717, 1.165) is 18.9 Å². The van der Waals surface area contributed by atoms with Gasteiger partial charge in [-0.15, -0.1) is 0 Å². The fraction of sp³-hybridized carbons (Fsp3) is 0.556. The van der Waals surface area contributed by atoms with Crippen LogP contribution in [0.3, 0.4) is 0 Å². The number of nitrogens with one attached hydrogen (secondary N) is 1. The summed E-state index contributed by atoms with van der Waals surface area (Å²) in [6.45, 7) is 1.36. The van der Waals surface area contributed by atoms with Gasteiger partial charge in [-0.2, -0.15) is 0 Å². The van der Waals surface area contributed by atoms with Gasteiger partial charge in [0.1, 0.15) is 24.1 Å². The third-order valence-corrected chi connectivity index (χ3v) is 4.85. The highest BCUT2D eigenvalue weighted by atomic mass is 19.1. The Balaban J connectivity index is 1.52. The van der Waals surface area contributed by atoms with Crippen LogP contribution < -0.4 is 5.32 Å². The number of nitrogens with zero attached hydrogens (tertiary/aromatic N) is 1. The summed E-state index contributed by atoms with van der Waals surface area (Å²) in [6.07, 6.45) is -2.12. The van der Waals surface area contributed by atoms with Crippen LogP contribution in [0.4, 0.5) is 4.39 Å². The van der Waals surface area contributed by atoms with Gasteiger partial charge < -0.3 is 25.2 Å². The summed E-state index contributed by atoms with van der Waals surface area (Å²) >= 11 is 0. The lowest BCUT2D eigenvalue weighted by atomic mass is 10.0. The fourth-order valence-corrected chi connectivity index (χ4v) is 3.36. The van der Waals surface area contributed by atoms with Gasteiger partial charge in [-0.25, -0.2) is 4.39 Å². The molecular weight excluding hydrogens is 343 g/mol. The molecule has 0 bridgehead atoms. The van der Waals surface area contributed by atoms with Gasteiger partial charge >= 0.3 is 0 Å². The van der Waals surface area contributed by atoms with Crippen LogP contribution in [0.5, 0.6) is 0 Å².